The third-order valence-electron chi connectivity index (χ3n) is 5.44. The minimum Gasteiger partial charge on any atom is -0.355 e. The van der Waals surface area contributed by atoms with E-state index in [0.29, 0.717) is 18.7 Å². The van der Waals surface area contributed by atoms with Crippen LogP contribution in [0.2, 0.25) is 0 Å². The van der Waals surface area contributed by atoms with Crippen LogP contribution in [-0.4, -0.2) is 86.5 Å². The van der Waals surface area contributed by atoms with Gasteiger partial charge in [-0.15, -0.1) is 0 Å². The topological polar surface area (TPSA) is 108 Å². The van der Waals surface area contributed by atoms with Crippen LogP contribution in [0.4, 0.5) is 5.95 Å². The minimum atomic E-state index is -3.75. The van der Waals surface area contributed by atoms with E-state index in [1.165, 1.54) is 12.1 Å². The molecule has 3 rings (SSSR count). The summed E-state index contributed by atoms with van der Waals surface area (Å²) in [5.74, 6) is 1.17. The molecule has 2 heterocycles. The van der Waals surface area contributed by atoms with Gasteiger partial charge in [-0.05, 0) is 49.6 Å². The monoisotopic (exact) mass is 492 g/mol. The molecule has 33 heavy (non-hydrogen) atoms. The first-order valence-electron chi connectivity index (χ1n) is 11.1. The third kappa shape index (κ3) is 7.95. The van der Waals surface area contributed by atoms with Crippen molar-refractivity contribution in [2.75, 3.05) is 56.2 Å². The molecule has 11 heteroatoms. The minimum absolute atomic E-state index is 0.159. The Hall–Kier alpha value is -2.21. The first kappa shape index (κ1) is 25.4. The lowest BCUT2D eigenvalue weighted by Gasteiger charge is -2.34. The van der Waals surface area contributed by atoms with Gasteiger partial charge in [0.25, 0.3) is 0 Å². The van der Waals surface area contributed by atoms with Gasteiger partial charge in [-0.2, -0.15) is 16.5 Å². The van der Waals surface area contributed by atoms with Gasteiger partial charge in [-0.1, -0.05) is 18.2 Å². The number of anilines is 1. The number of hydrogen-bond donors (Lipinski definition) is 2. The molecule has 0 aliphatic carbocycles. The molecule has 1 saturated heterocycles. The van der Waals surface area contributed by atoms with E-state index in [1.54, 1.807) is 42.4 Å². The van der Waals surface area contributed by atoms with Gasteiger partial charge < -0.3 is 10.2 Å². The summed E-state index contributed by atoms with van der Waals surface area (Å²) in [7, 11) is -3.75. The predicted molar refractivity (Wildman–Crippen MR) is 132 cm³/mol. The molecule has 0 spiro atoms. The number of amides is 1. The van der Waals surface area contributed by atoms with Crippen molar-refractivity contribution in [3.8, 4) is 0 Å². The van der Waals surface area contributed by atoms with E-state index in [1.807, 2.05) is 12.3 Å². The normalized spacial score (nSPS) is 15.8. The van der Waals surface area contributed by atoms with Gasteiger partial charge in [-0.3, -0.25) is 9.69 Å². The van der Waals surface area contributed by atoms with Gasteiger partial charge in [-0.25, -0.2) is 18.4 Å². The molecule has 1 fully saturated rings. The molecular formula is C22H32N6O3S2. The molecule has 180 valence electrons. The number of carbonyl (C=O) groups is 1. The Balaban J connectivity index is 1.42. The van der Waals surface area contributed by atoms with Gasteiger partial charge in [0, 0.05) is 45.1 Å². The number of carbonyl (C=O) groups excluding carboxylic acids is 1. The van der Waals surface area contributed by atoms with Crippen molar-refractivity contribution in [3.05, 3.63) is 48.8 Å². The fraction of sp³-hybridized carbons (Fsp3) is 0.500. The van der Waals surface area contributed by atoms with Gasteiger partial charge in [0.15, 0.2) is 0 Å². The van der Waals surface area contributed by atoms with Crippen molar-refractivity contribution in [3.63, 3.8) is 0 Å². The molecule has 1 aliphatic heterocycles. The summed E-state index contributed by atoms with van der Waals surface area (Å²) in [6.45, 7) is 4.94. The molecule has 0 saturated carbocycles. The Morgan fingerprint density at radius 2 is 1.79 bits per heavy atom. The zero-order valence-corrected chi connectivity index (χ0v) is 20.5. The third-order valence-corrected chi connectivity index (χ3v) is 7.57. The first-order valence-corrected chi connectivity index (χ1v) is 14.0. The number of thioether (sulfide) groups is 1. The van der Waals surface area contributed by atoms with E-state index in [-0.39, 0.29) is 10.8 Å². The zero-order valence-electron chi connectivity index (χ0n) is 18.9. The fourth-order valence-electron chi connectivity index (χ4n) is 3.60. The Bertz CT molecular complexity index is 955. The summed E-state index contributed by atoms with van der Waals surface area (Å²) in [5.41, 5.74) is 0. The molecule has 9 nitrogen and oxygen atoms in total. The fourth-order valence-corrected chi connectivity index (χ4v) is 5.32. The second-order valence-corrected chi connectivity index (χ2v) is 10.5. The second-order valence-electron chi connectivity index (χ2n) is 7.79. The lowest BCUT2D eigenvalue weighted by Crippen LogP contribution is -2.49. The van der Waals surface area contributed by atoms with Crippen LogP contribution in [0.5, 0.6) is 0 Å². The van der Waals surface area contributed by atoms with Crippen LogP contribution >= 0.6 is 11.8 Å². The number of hydrogen-bond acceptors (Lipinski definition) is 8. The number of rotatable bonds is 12. The molecule has 1 aromatic carbocycles. The van der Waals surface area contributed by atoms with Crippen LogP contribution < -0.4 is 14.9 Å². The number of piperazine rings is 1. The average Bonchev–Trinajstić information content (AvgIpc) is 2.85. The molecule has 2 aromatic rings. The maximum Gasteiger partial charge on any atom is 0.241 e. The Labute approximate surface area is 200 Å². The van der Waals surface area contributed by atoms with E-state index in [9.17, 15) is 13.2 Å². The summed E-state index contributed by atoms with van der Waals surface area (Å²) < 4.78 is 27.9. The predicted octanol–water partition coefficient (Wildman–Crippen LogP) is 1.21. The van der Waals surface area contributed by atoms with Crippen LogP contribution in [0.25, 0.3) is 0 Å². The zero-order chi connectivity index (χ0) is 23.5. The lowest BCUT2D eigenvalue weighted by atomic mass is 10.2. The van der Waals surface area contributed by atoms with E-state index >= 15 is 0 Å². The molecule has 0 radical (unpaired) electrons. The average molecular weight is 493 g/mol. The van der Waals surface area contributed by atoms with Crippen molar-refractivity contribution >= 4 is 33.6 Å². The van der Waals surface area contributed by atoms with Crippen molar-refractivity contribution in [2.45, 2.75) is 23.8 Å². The summed E-state index contributed by atoms with van der Waals surface area (Å²) in [5, 5.41) is 2.91. The van der Waals surface area contributed by atoms with Crippen LogP contribution in [0.1, 0.15) is 12.8 Å². The van der Waals surface area contributed by atoms with Crippen LogP contribution in [0.15, 0.2) is 53.7 Å². The molecule has 1 atom stereocenters. The maximum atomic E-state index is 12.7. The second kappa shape index (κ2) is 12.9. The van der Waals surface area contributed by atoms with Gasteiger partial charge in [0.1, 0.15) is 6.04 Å². The van der Waals surface area contributed by atoms with Crippen LogP contribution in [-0.2, 0) is 14.8 Å². The first-order chi connectivity index (χ1) is 16.0. The number of nitrogens with one attached hydrogen (secondary N) is 2. The van der Waals surface area contributed by atoms with E-state index < -0.39 is 16.1 Å². The van der Waals surface area contributed by atoms with Crippen LogP contribution in [0.3, 0.4) is 0 Å². The van der Waals surface area contributed by atoms with E-state index in [4.69, 9.17) is 0 Å². The Morgan fingerprint density at radius 3 is 2.45 bits per heavy atom. The lowest BCUT2D eigenvalue weighted by molar-refractivity contribution is -0.122. The SMILES string of the molecule is CSCCC(NS(=O)(=O)c1ccccc1)C(=O)NCCCN1CCN(c2ncccn2)CC1. The molecule has 1 aliphatic rings. The summed E-state index contributed by atoms with van der Waals surface area (Å²) in [6, 6.07) is 9.15. The molecule has 1 unspecified atom stereocenters. The number of aromatic nitrogens is 2. The van der Waals surface area contributed by atoms with Gasteiger partial charge in [0.05, 0.1) is 4.90 Å². The van der Waals surface area contributed by atoms with Gasteiger partial charge >= 0.3 is 0 Å². The summed E-state index contributed by atoms with van der Waals surface area (Å²) >= 11 is 1.58. The number of benzene rings is 1. The quantitative estimate of drug-likeness (QED) is 0.426. The van der Waals surface area contributed by atoms with Crippen LogP contribution in [0, 0.1) is 0 Å². The largest absolute Gasteiger partial charge is 0.355 e. The molecular weight excluding hydrogens is 460 g/mol. The summed E-state index contributed by atoms with van der Waals surface area (Å²) in [6.07, 6.45) is 6.68. The smallest absolute Gasteiger partial charge is 0.241 e. The summed E-state index contributed by atoms with van der Waals surface area (Å²) in [4.78, 5) is 26.0. The number of nitrogens with zero attached hydrogens (tertiary/aromatic N) is 4. The Morgan fingerprint density at radius 1 is 1.09 bits per heavy atom. The standard InChI is InChI=1S/C22H32N6O3S2/c1-32-18-9-20(26-33(30,31)19-7-3-2-4-8-19)21(29)23-12-6-13-27-14-16-28(17-15-27)22-24-10-5-11-25-22/h2-5,7-8,10-11,20,26H,6,9,12-18H2,1H3,(H,23,29). The molecule has 1 aromatic heterocycles. The van der Waals surface area contributed by atoms with Gasteiger partial charge in [0.2, 0.25) is 21.9 Å². The van der Waals surface area contributed by atoms with Crippen molar-refractivity contribution in [1.82, 2.24) is 24.9 Å². The van der Waals surface area contributed by atoms with Crippen molar-refractivity contribution in [1.29, 1.82) is 0 Å². The van der Waals surface area contributed by atoms with Crippen molar-refractivity contribution in [2.24, 2.45) is 0 Å². The Kier molecular flexibility index (Phi) is 9.92. The molecule has 1 amide bonds. The maximum absolute atomic E-state index is 12.7. The highest BCUT2D eigenvalue weighted by Crippen LogP contribution is 2.11. The molecule has 0 bridgehead atoms. The highest BCUT2D eigenvalue weighted by atomic mass is 32.2. The van der Waals surface area contributed by atoms with Crippen molar-refractivity contribution < 1.29 is 13.2 Å². The highest BCUT2D eigenvalue weighted by molar-refractivity contribution is 7.98. The number of sulfonamides is 1. The molecule has 2 N–H and O–H groups in total. The van der Waals surface area contributed by atoms with E-state index in [2.05, 4.69) is 29.8 Å². The van der Waals surface area contributed by atoms with E-state index in [0.717, 1.165) is 45.1 Å². The highest BCUT2D eigenvalue weighted by Gasteiger charge is 2.25.